The zero-order valence-corrected chi connectivity index (χ0v) is 11.9. The van der Waals surface area contributed by atoms with Crippen molar-refractivity contribution in [1.29, 1.82) is 0 Å². The zero-order chi connectivity index (χ0) is 13.9. The molecule has 0 fully saturated rings. The lowest BCUT2D eigenvalue weighted by molar-refractivity contribution is 0.299. The Morgan fingerprint density at radius 1 is 1.42 bits per heavy atom. The monoisotopic (exact) mass is 263 g/mol. The predicted molar refractivity (Wildman–Crippen MR) is 72.8 cm³/mol. The molecule has 2 rings (SSSR count). The summed E-state index contributed by atoms with van der Waals surface area (Å²) in [7, 11) is 1.86. The van der Waals surface area contributed by atoms with Crippen LogP contribution in [-0.4, -0.2) is 15.3 Å². The van der Waals surface area contributed by atoms with E-state index in [1.54, 1.807) is 17.1 Å². The molecule has 0 bridgehead atoms. The fourth-order valence-electron chi connectivity index (χ4n) is 1.63. The van der Waals surface area contributed by atoms with Gasteiger partial charge in [-0.2, -0.15) is 5.10 Å². The van der Waals surface area contributed by atoms with Crippen LogP contribution in [0.4, 0.5) is 0 Å². The van der Waals surface area contributed by atoms with Crippen LogP contribution in [0.25, 0.3) is 0 Å². The Balaban J connectivity index is 1.92. The van der Waals surface area contributed by atoms with Crippen LogP contribution in [0.1, 0.15) is 32.1 Å². The highest BCUT2D eigenvalue weighted by atomic mass is 16.5. The number of aromatic nitrogens is 2. The Labute approximate surface area is 113 Å². The molecule has 5 heteroatoms. The second-order valence-corrected chi connectivity index (χ2v) is 5.61. The molecule has 2 aromatic heterocycles. The van der Waals surface area contributed by atoms with Crippen LogP contribution in [0.2, 0.25) is 0 Å². The number of ether oxygens (including phenoxy) is 1. The maximum Gasteiger partial charge on any atom is 0.157 e. The number of nitrogens with one attached hydrogen (secondary N) is 1. The summed E-state index contributed by atoms with van der Waals surface area (Å²) in [6.45, 7) is 7.57. The summed E-state index contributed by atoms with van der Waals surface area (Å²) in [5.41, 5.74) is 1.12. The third-order valence-corrected chi connectivity index (χ3v) is 2.69. The van der Waals surface area contributed by atoms with E-state index in [-0.39, 0.29) is 5.54 Å². The number of furan rings is 1. The quantitative estimate of drug-likeness (QED) is 0.900. The van der Waals surface area contributed by atoms with E-state index in [2.05, 4.69) is 31.2 Å². The Hall–Kier alpha value is -1.75. The molecule has 0 amide bonds. The summed E-state index contributed by atoms with van der Waals surface area (Å²) in [4.78, 5) is 0. The van der Waals surface area contributed by atoms with Gasteiger partial charge in [0.05, 0.1) is 25.2 Å². The molecule has 0 aliphatic rings. The van der Waals surface area contributed by atoms with Crippen molar-refractivity contribution < 1.29 is 9.15 Å². The third kappa shape index (κ3) is 4.13. The van der Waals surface area contributed by atoms with Gasteiger partial charge in [0.15, 0.2) is 5.75 Å². The van der Waals surface area contributed by atoms with Crippen molar-refractivity contribution >= 4 is 0 Å². The van der Waals surface area contributed by atoms with Crippen molar-refractivity contribution in [3.63, 3.8) is 0 Å². The Kier molecular flexibility index (Phi) is 3.95. The molecule has 104 valence electrons. The van der Waals surface area contributed by atoms with Crippen LogP contribution in [-0.2, 0) is 20.2 Å². The minimum absolute atomic E-state index is 0.0638. The summed E-state index contributed by atoms with van der Waals surface area (Å²) in [5.74, 6) is 1.68. The normalized spacial score (nSPS) is 11.8. The number of hydrogen-bond donors (Lipinski definition) is 1. The molecule has 0 aliphatic carbocycles. The van der Waals surface area contributed by atoms with Gasteiger partial charge >= 0.3 is 0 Å². The maximum absolute atomic E-state index is 5.67. The molecule has 0 unspecified atom stereocenters. The van der Waals surface area contributed by atoms with E-state index >= 15 is 0 Å². The summed E-state index contributed by atoms with van der Waals surface area (Å²) in [5, 5.41) is 7.46. The first-order chi connectivity index (χ1) is 8.94. The van der Waals surface area contributed by atoms with Crippen molar-refractivity contribution in [2.24, 2.45) is 7.05 Å². The van der Waals surface area contributed by atoms with Gasteiger partial charge in [-0.3, -0.25) is 4.68 Å². The first-order valence-corrected chi connectivity index (χ1v) is 6.36. The highest BCUT2D eigenvalue weighted by molar-refractivity contribution is 5.18. The van der Waals surface area contributed by atoms with E-state index in [0.717, 1.165) is 17.1 Å². The number of nitrogens with zero attached hydrogens (tertiary/aromatic N) is 2. The topological polar surface area (TPSA) is 52.2 Å². The maximum atomic E-state index is 5.67. The van der Waals surface area contributed by atoms with E-state index in [1.807, 2.05) is 19.3 Å². The van der Waals surface area contributed by atoms with Crippen LogP contribution in [0, 0.1) is 0 Å². The average Bonchev–Trinajstić information content (AvgIpc) is 2.91. The smallest absolute Gasteiger partial charge is 0.157 e. The lowest BCUT2D eigenvalue weighted by Gasteiger charge is -2.20. The molecular formula is C14H21N3O2. The molecule has 0 aromatic carbocycles. The fraction of sp³-hybridized carbons (Fsp3) is 0.500. The highest BCUT2D eigenvalue weighted by Crippen LogP contribution is 2.16. The summed E-state index contributed by atoms with van der Waals surface area (Å²) in [6, 6.07) is 1.94. The first kappa shape index (κ1) is 13.7. The van der Waals surface area contributed by atoms with E-state index in [4.69, 9.17) is 9.15 Å². The number of aryl methyl sites for hydroxylation is 1. The third-order valence-electron chi connectivity index (χ3n) is 2.69. The van der Waals surface area contributed by atoms with E-state index in [1.165, 1.54) is 0 Å². The van der Waals surface area contributed by atoms with Crippen LogP contribution < -0.4 is 10.1 Å². The molecule has 2 aromatic rings. The zero-order valence-electron chi connectivity index (χ0n) is 11.9. The molecule has 19 heavy (non-hydrogen) atoms. The lowest BCUT2D eigenvalue weighted by atomic mass is 10.1. The Bertz CT molecular complexity index is 523. The van der Waals surface area contributed by atoms with E-state index in [0.29, 0.717) is 13.2 Å². The largest absolute Gasteiger partial charge is 0.485 e. The molecule has 1 N–H and O–H groups in total. The van der Waals surface area contributed by atoms with Gasteiger partial charge in [-0.1, -0.05) is 0 Å². The Morgan fingerprint density at radius 2 is 2.21 bits per heavy atom. The minimum Gasteiger partial charge on any atom is -0.485 e. The molecule has 2 heterocycles. The fourth-order valence-corrected chi connectivity index (χ4v) is 1.63. The second-order valence-electron chi connectivity index (χ2n) is 5.61. The molecule has 5 nitrogen and oxygen atoms in total. The molecule has 0 atom stereocenters. The van der Waals surface area contributed by atoms with Gasteiger partial charge in [-0.25, -0.2) is 0 Å². The summed E-state index contributed by atoms with van der Waals surface area (Å²) >= 11 is 0. The van der Waals surface area contributed by atoms with Gasteiger partial charge in [0.2, 0.25) is 0 Å². The van der Waals surface area contributed by atoms with Gasteiger partial charge < -0.3 is 14.5 Å². The van der Waals surface area contributed by atoms with Gasteiger partial charge in [-0.05, 0) is 26.8 Å². The van der Waals surface area contributed by atoms with Crippen LogP contribution >= 0.6 is 0 Å². The SMILES string of the molecule is Cn1cc(OCc2ccoc2CNC(C)(C)C)cn1. The molecule has 0 spiro atoms. The first-order valence-electron chi connectivity index (χ1n) is 6.36. The molecule has 0 saturated carbocycles. The van der Waals surface area contributed by atoms with E-state index in [9.17, 15) is 0 Å². The van der Waals surface area contributed by atoms with Gasteiger partial charge in [-0.15, -0.1) is 0 Å². The lowest BCUT2D eigenvalue weighted by Crippen LogP contribution is -2.35. The van der Waals surface area contributed by atoms with E-state index < -0.39 is 0 Å². The molecule has 0 aliphatic heterocycles. The second kappa shape index (κ2) is 5.48. The molecular weight excluding hydrogens is 242 g/mol. The average molecular weight is 263 g/mol. The van der Waals surface area contributed by atoms with Crippen molar-refractivity contribution in [1.82, 2.24) is 15.1 Å². The summed E-state index contributed by atoms with van der Waals surface area (Å²) < 4.78 is 12.9. The van der Waals surface area contributed by atoms with Crippen LogP contribution in [0.3, 0.4) is 0 Å². The van der Waals surface area contributed by atoms with Crippen molar-refractivity contribution in [3.8, 4) is 5.75 Å². The standard InChI is InChI=1S/C14H21N3O2/c1-14(2,3)15-8-13-11(5-6-18-13)10-19-12-7-16-17(4)9-12/h5-7,9,15H,8,10H2,1-4H3. The minimum atomic E-state index is 0.0638. The van der Waals surface area contributed by atoms with Gasteiger partial charge in [0.25, 0.3) is 0 Å². The van der Waals surface area contributed by atoms with Gasteiger partial charge in [0, 0.05) is 18.2 Å². The number of rotatable bonds is 5. The predicted octanol–water partition coefficient (Wildman–Crippen LogP) is 2.48. The van der Waals surface area contributed by atoms with Crippen molar-refractivity contribution in [2.75, 3.05) is 0 Å². The highest BCUT2D eigenvalue weighted by Gasteiger charge is 2.13. The van der Waals surface area contributed by atoms with Crippen molar-refractivity contribution in [2.45, 2.75) is 39.5 Å². The van der Waals surface area contributed by atoms with Gasteiger partial charge in [0.1, 0.15) is 12.4 Å². The van der Waals surface area contributed by atoms with Crippen LogP contribution in [0.5, 0.6) is 5.75 Å². The molecule has 0 saturated heterocycles. The van der Waals surface area contributed by atoms with Crippen molar-refractivity contribution in [3.05, 3.63) is 36.0 Å². The number of hydrogen-bond acceptors (Lipinski definition) is 4. The Morgan fingerprint density at radius 3 is 2.84 bits per heavy atom. The summed E-state index contributed by atoms with van der Waals surface area (Å²) in [6.07, 6.45) is 5.24. The van der Waals surface area contributed by atoms with Crippen LogP contribution in [0.15, 0.2) is 29.1 Å². The molecule has 0 radical (unpaired) electrons.